The first-order chi connectivity index (χ1) is 3.39. The lowest BCUT2D eigenvalue weighted by molar-refractivity contribution is 0.902. The molecule has 1 rings (SSSR count). The van der Waals surface area contributed by atoms with E-state index in [1.165, 1.54) is 0 Å². The summed E-state index contributed by atoms with van der Waals surface area (Å²) in [5.41, 5.74) is -0.00926. The van der Waals surface area contributed by atoms with Crippen molar-refractivity contribution in [3.8, 4) is 0 Å². The van der Waals surface area contributed by atoms with Crippen molar-refractivity contribution in [2.24, 2.45) is 0 Å². The first-order valence-electron chi connectivity index (χ1n) is 2.13. The summed E-state index contributed by atoms with van der Waals surface area (Å²) < 4.78 is 0. The van der Waals surface area contributed by atoms with Crippen molar-refractivity contribution in [3.05, 3.63) is 24.4 Å². The van der Waals surface area contributed by atoms with Crippen molar-refractivity contribution in [2.75, 3.05) is 0 Å². The lowest BCUT2D eigenvalue weighted by atomic mass is 10.4. The van der Waals surface area contributed by atoms with Gasteiger partial charge < -0.3 is 5.32 Å². The highest BCUT2D eigenvalue weighted by Crippen LogP contribution is 1.96. The average Bonchev–Trinajstić information content (AvgIpc) is 1.69. The second kappa shape index (κ2) is 2.03. The third kappa shape index (κ3) is 1.24. The molecular weight excluding hydrogens is 110 g/mol. The predicted octanol–water partition coefficient (Wildman–Crippen LogP) is 1.22. The monoisotopic (exact) mass is 115 g/mol. The first-order valence-corrected chi connectivity index (χ1v) is 2.57. The van der Waals surface area contributed by atoms with E-state index >= 15 is 0 Å². The van der Waals surface area contributed by atoms with Crippen LogP contribution in [0.3, 0.4) is 0 Å². The molecule has 38 valence electrons. The Morgan fingerprint density at radius 2 is 2.29 bits per heavy atom. The van der Waals surface area contributed by atoms with Gasteiger partial charge in [0.2, 0.25) is 0 Å². The number of dihydropyridines is 1. The highest BCUT2D eigenvalue weighted by Gasteiger charge is 1.93. The standard InChI is InChI=1S/C5H6ClN/c6-5-3-1-2-4-7-5/h1-5,7H. The Balaban J connectivity index is 2.49. The van der Waals surface area contributed by atoms with Crippen LogP contribution in [0.4, 0.5) is 0 Å². The van der Waals surface area contributed by atoms with Crippen molar-refractivity contribution in [1.82, 2.24) is 5.32 Å². The maximum Gasteiger partial charge on any atom is 0.120 e. The Morgan fingerprint density at radius 3 is 2.57 bits per heavy atom. The minimum absolute atomic E-state index is 0.00926. The van der Waals surface area contributed by atoms with Crippen LogP contribution in [0.25, 0.3) is 0 Å². The molecule has 1 N–H and O–H groups in total. The third-order valence-electron chi connectivity index (χ3n) is 0.743. The molecule has 7 heavy (non-hydrogen) atoms. The van der Waals surface area contributed by atoms with Crippen molar-refractivity contribution >= 4 is 11.6 Å². The molecule has 0 aromatic carbocycles. The summed E-state index contributed by atoms with van der Waals surface area (Å²) in [7, 11) is 0. The van der Waals surface area contributed by atoms with Gasteiger partial charge in [0.1, 0.15) is 5.50 Å². The highest BCUT2D eigenvalue weighted by molar-refractivity contribution is 6.21. The Morgan fingerprint density at radius 1 is 1.43 bits per heavy atom. The molecule has 0 aliphatic carbocycles. The average molecular weight is 116 g/mol. The molecule has 0 aromatic rings. The van der Waals surface area contributed by atoms with Crippen molar-refractivity contribution in [2.45, 2.75) is 5.50 Å². The van der Waals surface area contributed by atoms with E-state index in [9.17, 15) is 0 Å². The molecule has 1 aliphatic rings. The summed E-state index contributed by atoms with van der Waals surface area (Å²) in [6.07, 6.45) is 7.51. The van der Waals surface area contributed by atoms with Gasteiger partial charge >= 0.3 is 0 Å². The number of allylic oxidation sites excluding steroid dienone is 2. The number of hydrogen-bond acceptors (Lipinski definition) is 1. The second-order valence-corrected chi connectivity index (χ2v) is 1.78. The minimum atomic E-state index is -0.00926. The maximum absolute atomic E-state index is 5.57. The zero-order valence-corrected chi connectivity index (χ0v) is 4.52. The Hall–Kier alpha value is -0.430. The van der Waals surface area contributed by atoms with Crippen molar-refractivity contribution in [1.29, 1.82) is 0 Å². The molecule has 0 saturated heterocycles. The zero-order valence-electron chi connectivity index (χ0n) is 3.76. The van der Waals surface area contributed by atoms with Crippen LogP contribution in [-0.2, 0) is 0 Å². The first kappa shape index (κ1) is 4.72. The van der Waals surface area contributed by atoms with Crippen LogP contribution in [0.15, 0.2) is 24.4 Å². The Labute approximate surface area is 47.7 Å². The summed E-state index contributed by atoms with van der Waals surface area (Å²) in [5, 5.41) is 2.88. The van der Waals surface area contributed by atoms with Gasteiger partial charge in [-0.2, -0.15) is 0 Å². The van der Waals surface area contributed by atoms with E-state index in [-0.39, 0.29) is 5.50 Å². The molecule has 0 bridgehead atoms. The summed E-state index contributed by atoms with van der Waals surface area (Å²) in [6.45, 7) is 0. The van der Waals surface area contributed by atoms with E-state index in [0.29, 0.717) is 0 Å². The lowest BCUT2D eigenvalue weighted by Crippen LogP contribution is -2.15. The maximum atomic E-state index is 5.57. The van der Waals surface area contributed by atoms with Gasteiger partial charge in [-0.1, -0.05) is 17.7 Å². The third-order valence-corrected chi connectivity index (χ3v) is 1.01. The fraction of sp³-hybridized carbons (Fsp3) is 0.200. The summed E-state index contributed by atoms with van der Waals surface area (Å²) >= 11 is 5.57. The fourth-order valence-corrected chi connectivity index (χ4v) is 0.577. The number of halogens is 1. The Kier molecular flexibility index (Phi) is 1.37. The smallest absolute Gasteiger partial charge is 0.120 e. The quantitative estimate of drug-likeness (QED) is 0.370. The van der Waals surface area contributed by atoms with Crippen molar-refractivity contribution < 1.29 is 0 Å². The molecule has 0 aromatic heterocycles. The molecule has 2 heteroatoms. The number of alkyl halides is 1. The van der Waals surface area contributed by atoms with Gasteiger partial charge in [-0.05, 0) is 18.4 Å². The molecule has 1 atom stereocenters. The molecule has 0 amide bonds. The molecule has 1 nitrogen and oxygen atoms in total. The van der Waals surface area contributed by atoms with Crippen LogP contribution in [0.2, 0.25) is 0 Å². The van der Waals surface area contributed by atoms with E-state index in [2.05, 4.69) is 5.32 Å². The topological polar surface area (TPSA) is 12.0 Å². The van der Waals surface area contributed by atoms with E-state index in [4.69, 9.17) is 11.6 Å². The van der Waals surface area contributed by atoms with Crippen LogP contribution < -0.4 is 5.32 Å². The van der Waals surface area contributed by atoms with Gasteiger partial charge in [-0.15, -0.1) is 0 Å². The molecule has 0 fully saturated rings. The van der Waals surface area contributed by atoms with Gasteiger partial charge in [0.25, 0.3) is 0 Å². The van der Waals surface area contributed by atoms with E-state index in [1.54, 1.807) is 0 Å². The summed E-state index contributed by atoms with van der Waals surface area (Å²) in [4.78, 5) is 0. The van der Waals surface area contributed by atoms with Gasteiger partial charge in [-0.25, -0.2) is 0 Å². The van der Waals surface area contributed by atoms with Gasteiger partial charge in [0.05, 0.1) is 0 Å². The van der Waals surface area contributed by atoms with Crippen LogP contribution in [0, 0.1) is 0 Å². The van der Waals surface area contributed by atoms with Gasteiger partial charge in [0.15, 0.2) is 0 Å². The number of nitrogens with one attached hydrogen (secondary N) is 1. The molecule has 1 heterocycles. The Bertz CT molecular complexity index is 107. The fourth-order valence-electron chi connectivity index (χ4n) is 0.420. The lowest BCUT2D eigenvalue weighted by Gasteiger charge is -2.04. The van der Waals surface area contributed by atoms with Gasteiger partial charge in [-0.3, -0.25) is 0 Å². The summed E-state index contributed by atoms with van der Waals surface area (Å²) in [5.74, 6) is 0. The van der Waals surface area contributed by atoms with Gasteiger partial charge in [0, 0.05) is 0 Å². The number of hydrogen-bond donors (Lipinski definition) is 1. The molecule has 1 unspecified atom stereocenters. The zero-order chi connectivity index (χ0) is 5.11. The van der Waals surface area contributed by atoms with E-state index in [1.807, 2.05) is 24.4 Å². The molecule has 0 saturated carbocycles. The van der Waals surface area contributed by atoms with Crippen LogP contribution in [0.1, 0.15) is 0 Å². The number of rotatable bonds is 0. The molecule has 1 aliphatic heterocycles. The van der Waals surface area contributed by atoms with Crippen LogP contribution in [-0.4, -0.2) is 5.50 Å². The SMILES string of the molecule is ClC1C=CC=CN1. The largest absolute Gasteiger partial charge is 0.372 e. The second-order valence-electron chi connectivity index (χ2n) is 1.31. The molecular formula is C5H6ClN. The predicted molar refractivity (Wildman–Crippen MR) is 31.1 cm³/mol. The highest BCUT2D eigenvalue weighted by atomic mass is 35.5. The molecule has 0 spiro atoms. The minimum Gasteiger partial charge on any atom is -0.372 e. The van der Waals surface area contributed by atoms with Crippen molar-refractivity contribution in [3.63, 3.8) is 0 Å². The molecule has 0 radical (unpaired) electrons. The van der Waals surface area contributed by atoms with Crippen LogP contribution in [0.5, 0.6) is 0 Å². The van der Waals surface area contributed by atoms with E-state index < -0.39 is 0 Å². The van der Waals surface area contributed by atoms with E-state index in [0.717, 1.165) is 0 Å². The normalized spacial score (nSPS) is 27.3. The summed E-state index contributed by atoms with van der Waals surface area (Å²) in [6, 6.07) is 0. The van der Waals surface area contributed by atoms with Crippen LogP contribution >= 0.6 is 11.6 Å².